The average Bonchev–Trinajstić information content (AvgIpc) is 3.07. The number of fused-ring (bicyclic) bond motifs is 2. The van der Waals surface area contributed by atoms with Gasteiger partial charge in [-0.15, -0.1) is 0 Å². The highest BCUT2D eigenvalue weighted by molar-refractivity contribution is 8.00. The lowest BCUT2D eigenvalue weighted by Crippen LogP contribution is -2.43. The first kappa shape index (κ1) is 11.5. The fourth-order valence-corrected chi connectivity index (χ4v) is 4.68. The maximum Gasteiger partial charge on any atom is 0.206 e. The Labute approximate surface area is 126 Å². The number of anilines is 1. The van der Waals surface area contributed by atoms with Gasteiger partial charge in [-0.2, -0.15) is 5.10 Å². The fraction of sp³-hybridized carbons (Fsp3) is 0.118. The molecule has 1 aromatic heterocycles. The topological polar surface area (TPSA) is 21.1 Å². The Morgan fingerprint density at radius 2 is 2.00 bits per heavy atom. The summed E-state index contributed by atoms with van der Waals surface area (Å²) in [6.45, 7) is 0. The van der Waals surface area contributed by atoms with Crippen molar-refractivity contribution in [1.29, 1.82) is 0 Å². The van der Waals surface area contributed by atoms with Crippen LogP contribution in [-0.4, -0.2) is 16.8 Å². The Morgan fingerprint density at radius 3 is 2.90 bits per heavy atom. The van der Waals surface area contributed by atoms with Gasteiger partial charge in [0.05, 0.1) is 17.4 Å². The minimum Gasteiger partial charge on any atom is -0.337 e. The van der Waals surface area contributed by atoms with E-state index in [1.807, 2.05) is 18.0 Å². The molecule has 5 rings (SSSR count). The summed E-state index contributed by atoms with van der Waals surface area (Å²) in [6.07, 6.45) is 6.44. The van der Waals surface area contributed by atoms with Crippen LogP contribution >= 0.6 is 11.8 Å². The molecule has 0 amide bonds. The SMILES string of the molecule is CN1c2ccccc2SC12C=Cc1cccc3cnn2c13. The standard InChI is InChI=1S/C17H13N3S/c1-19-14-7-2-3-8-15(14)21-17(19)10-9-12-5-4-6-13-11-18-20(17)16(12)13/h2-11H,1H3. The molecule has 3 nitrogen and oxygen atoms in total. The second-order valence-corrected chi connectivity index (χ2v) is 6.71. The summed E-state index contributed by atoms with van der Waals surface area (Å²) in [5.74, 6) is 0. The Balaban J connectivity index is 1.81. The number of rotatable bonds is 0. The van der Waals surface area contributed by atoms with E-state index in [4.69, 9.17) is 5.10 Å². The number of hydrogen-bond acceptors (Lipinski definition) is 3. The van der Waals surface area contributed by atoms with E-state index in [0.29, 0.717) is 0 Å². The molecule has 0 bridgehead atoms. The van der Waals surface area contributed by atoms with Crippen molar-refractivity contribution in [1.82, 2.24) is 9.78 Å². The smallest absolute Gasteiger partial charge is 0.206 e. The number of likely N-dealkylation sites (N-methyl/N-ethyl adjacent to an activating group) is 1. The lowest BCUT2D eigenvalue weighted by Gasteiger charge is -2.36. The third-order valence-electron chi connectivity index (χ3n) is 4.37. The molecule has 1 atom stereocenters. The van der Waals surface area contributed by atoms with E-state index in [-0.39, 0.29) is 4.99 Å². The quantitative estimate of drug-likeness (QED) is 0.626. The van der Waals surface area contributed by atoms with Gasteiger partial charge in [-0.1, -0.05) is 48.2 Å². The largest absolute Gasteiger partial charge is 0.337 e. The maximum atomic E-state index is 4.70. The Hall–Kier alpha value is -2.20. The molecule has 1 spiro atoms. The molecule has 3 heterocycles. The molecule has 0 N–H and O–H groups in total. The van der Waals surface area contributed by atoms with Gasteiger partial charge >= 0.3 is 0 Å². The zero-order valence-electron chi connectivity index (χ0n) is 11.5. The average molecular weight is 291 g/mol. The number of aromatic nitrogens is 2. The van der Waals surface area contributed by atoms with Gasteiger partial charge in [0.15, 0.2) is 0 Å². The van der Waals surface area contributed by atoms with Gasteiger partial charge in [0.1, 0.15) is 0 Å². The van der Waals surface area contributed by atoms with Crippen molar-refractivity contribution >= 4 is 34.4 Å². The first-order valence-electron chi connectivity index (χ1n) is 6.98. The summed E-state index contributed by atoms with van der Waals surface area (Å²) in [7, 11) is 2.14. The van der Waals surface area contributed by atoms with E-state index in [9.17, 15) is 0 Å². The molecule has 2 aliphatic rings. The van der Waals surface area contributed by atoms with Gasteiger partial charge in [-0.25, -0.2) is 4.68 Å². The van der Waals surface area contributed by atoms with Crippen molar-refractivity contribution in [2.45, 2.75) is 9.89 Å². The monoisotopic (exact) mass is 291 g/mol. The van der Waals surface area contributed by atoms with Crippen LogP contribution in [0.3, 0.4) is 0 Å². The second kappa shape index (κ2) is 3.71. The van der Waals surface area contributed by atoms with Crippen molar-refractivity contribution in [3.05, 3.63) is 60.3 Å². The number of hydrogen-bond donors (Lipinski definition) is 0. The zero-order chi connectivity index (χ0) is 14.0. The number of benzene rings is 2. The van der Waals surface area contributed by atoms with Crippen molar-refractivity contribution in [3.63, 3.8) is 0 Å². The summed E-state index contributed by atoms with van der Waals surface area (Å²) >= 11 is 1.85. The number of para-hydroxylation sites is 2. The molecule has 0 fully saturated rings. The second-order valence-electron chi connectivity index (χ2n) is 5.46. The maximum absolute atomic E-state index is 4.70. The first-order chi connectivity index (χ1) is 10.3. The van der Waals surface area contributed by atoms with E-state index in [2.05, 4.69) is 71.2 Å². The van der Waals surface area contributed by atoms with Crippen molar-refractivity contribution in [3.8, 4) is 0 Å². The number of nitrogens with zero attached hydrogens (tertiary/aromatic N) is 3. The highest BCUT2D eigenvalue weighted by Gasteiger charge is 2.45. The Morgan fingerprint density at radius 1 is 1.10 bits per heavy atom. The first-order valence-corrected chi connectivity index (χ1v) is 7.80. The van der Waals surface area contributed by atoms with Crippen LogP contribution in [0.25, 0.3) is 17.0 Å². The van der Waals surface area contributed by atoms with E-state index < -0.39 is 0 Å². The predicted molar refractivity (Wildman–Crippen MR) is 87.4 cm³/mol. The van der Waals surface area contributed by atoms with Crippen molar-refractivity contribution in [2.75, 3.05) is 11.9 Å². The van der Waals surface area contributed by atoms with Gasteiger partial charge in [0.2, 0.25) is 4.99 Å². The van der Waals surface area contributed by atoms with Crippen LogP contribution in [0.15, 0.2) is 59.6 Å². The van der Waals surface area contributed by atoms with Crippen LogP contribution in [0.1, 0.15) is 5.56 Å². The predicted octanol–water partition coefficient (Wildman–Crippen LogP) is 3.92. The van der Waals surface area contributed by atoms with E-state index in [0.717, 1.165) is 0 Å². The van der Waals surface area contributed by atoms with E-state index >= 15 is 0 Å². The Kier molecular flexibility index (Phi) is 2.02. The van der Waals surface area contributed by atoms with Gasteiger partial charge in [0, 0.05) is 22.9 Å². The third kappa shape index (κ3) is 1.29. The van der Waals surface area contributed by atoms with Crippen molar-refractivity contribution in [2.24, 2.45) is 0 Å². The molecule has 1 unspecified atom stereocenters. The molecule has 0 saturated carbocycles. The summed E-state index contributed by atoms with van der Waals surface area (Å²) in [6, 6.07) is 14.9. The molecule has 0 radical (unpaired) electrons. The highest BCUT2D eigenvalue weighted by atomic mass is 32.2. The van der Waals surface area contributed by atoms with Crippen molar-refractivity contribution < 1.29 is 0 Å². The van der Waals surface area contributed by atoms with Crippen LogP contribution in [0.5, 0.6) is 0 Å². The molecular weight excluding hydrogens is 278 g/mol. The summed E-state index contributed by atoms with van der Waals surface area (Å²) < 4.78 is 2.16. The summed E-state index contributed by atoms with van der Waals surface area (Å²) in [5.41, 5.74) is 3.71. The van der Waals surface area contributed by atoms with Crippen LogP contribution < -0.4 is 4.90 Å². The summed E-state index contributed by atoms with van der Waals surface area (Å²) in [4.78, 5) is 3.32. The highest BCUT2D eigenvalue weighted by Crippen LogP contribution is 2.54. The van der Waals surface area contributed by atoms with Gasteiger partial charge in [-0.05, 0) is 18.2 Å². The van der Waals surface area contributed by atoms with E-state index in [1.54, 1.807) is 0 Å². The lowest BCUT2D eigenvalue weighted by atomic mass is 10.1. The van der Waals surface area contributed by atoms with Crippen LogP contribution in [0, 0.1) is 0 Å². The van der Waals surface area contributed by atoms with Crippen LogP contribution in [-0.2, 0) is 4.99 Å². The minimum atomic E-state index is -0.292. The minimum absolute atomic E-state index is 0.292. The lowest BCUT2D eigenvalue weighted by molar-refractivity contribution is 0.500. The summed E-state index contributed by atoms with van der Waals surface area (Å²) in [5, 5.41) is 5.89. The molecule has 2 aliphatic heterocycles. The Bertz CT molecular complexity index is 911. The molecular formula is C17H13N3S. The molecule has 2 aromatic carbocycles. The normalized spacial score (nSPS) is 22.2. The van der Waals surface area contributed by atoms with Gasteiger partial charge in [-0.3, -0.25) is 0 Å². The van der Waals surface area contributed by atoms with E-state index in [1.165, 1.54) is 27.0 Å². The zero-order valence-corrected chi connectivity index (χ0v) is 12.3. The van der Waals surface area contributed by atoms with Crippen LogP contribution in [0.2, 0.25) is 0 Å². The molecule has 0 saturated heterocycles. The third-order valence-corrected chi connectivity index (χ3v) is 5.82. The molecule has 0 aliphatic carbocycles. The molecule has 102 valence electrons. The molecule has 3 aromatic rings. The molecule has 4 heteroatoms. The number of thioether (sulfide) groups is 1. The van der Waals surface area contributed by atoms with Gasteiger partial charge in [0.25, 0.3) is 0 Å². The fourth-order valence-electron chi connectivity index (χ4n) is 3.31. The van der Waals surface area contributed by atoms with Gasteiger partial charge < -0.3 is 4.90 Å². The molecule has 21 heavy (non-hydrogen) atoms. The van der Waals surface area contributed by atoms with Crippen LogP contribution in [0.4, 0.5) is 5.69 Å².